The number of hydrogen-bond acceptors (Lipinski definition) is 7. The van der Waals surface area contributed by atoms with E-state index in [0.29, 0.717) is 11.4 Å². The van der Waals surface area contributed by atoms with Gasteiger partial charge < -0.3 is 10.2 Å². The highest BCUT2D eigenvalue weighted by atomic mass is 79.9. The Hall–Kier alpha value is -3.32. The van der Waals surface area contributed by atoms with Crippen LogP contribution < -0.4 is 10.2 Å². The van der Waals surface area contributed by atoms with Crippen LogP contribution in [0, 0.1) is 21.4 Å². The molecule has 0 bridgehead atoms. The van der Waals surface area contributed by atoms with Crippen molar-refractivity contribution >= 4 is 50.3 Å². The summed E-state index contributed by atoms with van der Waals surface area (Å²) in [6.45, 7) is 7.00. The SMILES string of the molecule is CCN(CC)c1ccc(N=Nc2c(Br)cc([N+](=O)[O-])cc2C#N)cc1NC(C)=O. The molecule has 0 aliphatic heterocycles. The van der Waals surface area contributed by atoms with Crippen LogP contribution in [0.3, 0.4) is 0 Å². The Balaban J connectivity index is 2.46. The molecule has 0 saturated carbocycles. The lowest BCUT2D eigenvalue weighted by Gasteiger charge is -2.24. The molecule has 0 atom stereocenters. The average molecular weight is 459 g/mol. The van der Waals surface area contributed by atoms with E-state index in [4.69, 9.17) is 0 Å². The molecule has 0 heterocycles. The minimum atomic E-state index is -0.585. The lowest BCUT2D eigenvalue weighted by atomic mass is 10.2. The third kappa shape index (κ3) is 5.36. The molecule has 0 unspecified atom stereocenters. The second-order valence-electron chi connectivity index (χ2n) is 5.95. The van der Waals surface area contributed by atoms with Crippen molar-refractivity contribution < 1.29 is 9.72 Å². The van der Waals surface area contributed by atoms with Gasteiger partial charge in [0, 0.05) is 32.1 Å². The number of nitrogens with one attached hydrogen (secondary N) is 1. The molecule has 10 heteroatoms. The Morgan fingerprint density at radius 3 is 2.52 bits per heavy atom. The molecular formula is C19H19BrN6O3. The number of carbonyl (C=O) groups excluding carboxylic acids is 1. The number of benzene rings is 2. The molecule has 0 aromatic heterocycles. The van der Waals surface area contributed by atoms with Gasteiger partial charge in [-0.3, -0.25) is 14.9 Å². The monoisotopic (exact) mass is 458 g/mol. The summed E-state index contributed by atoms with van der Waals surface area (Å²) >= 11 is 3.20. The molecule has 150 valence electrons. The molecule has 29 heavy (non-hydrogen) atoms. The van der Waals surface area contributed by atoms with Crippen LogP contribution in [0.5, 0.6) is 0 Å². The summed E-state index contributed by atoms with van der Waals surface area (Å²) in [4.78, 5) is 24.1. The van der Waals surface area contributed by atoms with Gasteiger partial charge in [0.05, 0.1) is 32.0 Å². The normalized spacial score (nSPS) is 10.6. The van der Waals surface area contributed by atoms with Crippen LogP contribution in [0.15, 0.2) is 45.0 Å². The van der Waals surface area contributed by atoms with Crippen LogP contribution in [0.2, 0.25) is 0 Å². The molecular weight excluding hydrogens is 440 g/mol. The number of nitro groups is 1. The summed E-state index contributed by atoms with van der Waals surface area (Å²) in [6.07, 6.45) is 0. The highest BCUT2D eigenvalue weighted by Gasteiger charge is 2.16. The van der Waals surface area contributed by atoms with Gasteiger partial charge in [-0.25, -0.2) is 0 Å². The number of hydrogen-bond donors (Lipinski definition) is 1. The maximum Gasteiger partial charge on any atom is 0.272 e. The summed E-state index contributed by atoms with van der Waals surface area (Å²) in [7, 11) is 0. The first-order chi connectivity index (χ1) is 13.8. The van der Waals surface area contributed by atoms with Crippen molar-refractivity contribution in [2.24, 2.45) is 10.2 Å². The van der Waals surface area contributed by atoms with Crippen molar-refractivity contribution in [3.05, 3.63) is 50.5 Å². The van der Waals surface area contributed by atoms with Gasteiger partial charge in [0.1, 0.15) is 11.8 Å². The summed E-state index contributed by atoms with van der Waals surface area (Å²) in [5.74, 6) is -0.211. The number of nitrogens with zero attached hydrogens (tertiary/aromatic N) is 5. The Labute approximate surface area is 176 Å². The maximum atomic E-state index is 11.6. The number of anilines is 2. The van der Waals surface area contributed by atoms with Gasteiger partial charge in [-0.15, -0.1) is 5.11 Å². The van der Waals surface area contributed by atoms with Crippen molar-refractivity contribution in [2.75, 3.05) is 23.3 Å². The van der Waals surface area contributed by atoms with Crippen LogP contribution in [0.4, 0.5) is 28.4 Å². The van der Waals surface area contributed by atoms with Crippen LogP contribution >= 0.6 is 15.9 Å². The van der Waals surface area contributed by atoms with E-state index in [2.05, 4.69) is 36.4 Å². The number of carbonyl (C=O) groups is 1. The highest BCUT2D eigenvalue weighted by molar-refractivity contribution is 9.10. The molecule has 2 rings (SSSR count). The quantitative estimate of drug-likeness (QED) is 0.335. The summed E-state index contributed by atoms with van der Waals surface area (Å²) in [6, 6.07) is 9.57. The molecule has 1 amide bonds. The van der Waals surface area contributed by atoms with Gasteiger partial charge in [-0.2, -0.15) is 10.4 Å². The predicted octanol–water partition coefficient (Wildman–Crippen LogP) is 5.45. The van der Waals surface area contributed by atoms with Crippen molar-refractivity contribution in [1.29, 1.82) is 5.26 Å². The van der Waals surface area contributed by atoms with E-state index >= 15 is 0 Å². The molecule has 2 aromatic carbocycles. The number of amides is 1. The fraction of sp³-hybridized carbons (Fsp3) is 0.263. The van der Waals surface area contributed by atoms with Crippen molar-refractivity contribution in [2.45, 2.75) is 20.8 Å². The van der Waals surface area contributed by atoms with E-state index in [1.807, 2.05) is 26.0 Å². The van der Waals surface area contributed by atoms with E-state index in [1.165, 1.54) is 13.0 Å². The zero-order valence-corrected chi connectivity index (χ0v) is 17.7. The van der Waals surface area contributed by atoms with Gasteiger partial charge in [-0.05, 0) is 48.0 Å². The van der Waals surface area contributed by atoms with Crippen molar-refractivity contribution in [3.63, 3.8) is 0 Å². The van der Waals surface area contributed by atoms with Crippen LogP contribution in [-0.2, 0) is 4.79 Å². The van der Waals surface area contributed by atoms with Gasteiger partial charge in [0.2, 0.25) is 5.91 Å². The van der Waals surface area contributed by atoms with E-state index in [-0.39, 0.29) is 27.3 Å². The van der Waals surface area contributed by atoms with Gasteiger partial charge >= 0.3 is 0 Å². The van der Waals surface area contributed by atoms with Gasteiger partial charge in [-0.1, -0.05) is 0 Å². The number of halogens is 1. The lowest BCUT2D eigenvalue weighted by molar-refractivity contribution is -0.384. The van der Waals surface area contributed by atoms with Crippen molar-refractivity contribution in [3.8, 4) is 6.07 Å². The first-order valence-electron chi connectivity index (χ1n) is 8.77. The smallest absolute Gasteiger partial charge is 0.272 e. The molecule has 0 aliphatic carbocycles. The third-order valence-electron chi connectivity index (χ3n) is 4.04. The maximum absolute atomic E-state index is 11.6. The summed E-state index contributed by atoms with van der Waals surface area (Å²) < 4.78 is 0.286. The van der Waals surface area contributed by atoms with E-state index in [9.17, 15) is 20.2 Å². The molecule has 9 nitrogen and oxygen atoms in total. The van der Waals surface area contributed by atoms with E-state index in [1.54, 1.807) is 12.1 Å². The average Bonchev–Trinajstić information content (AvgIpc) is 2.68. The number of non-ortho nitro benzene ring substituents is 1. The zero-order valence-electron chi connectivity index (χ0n) is 16.1. The third-order valence-corrected chi connectivity index (χ3v) is 4.64. The lowest BCUT2D eigenvalue weighted by Crippen LogP contribution is -2.23. The number of nitro benzene ring substituents is 1. The molecule has 2 aromatic rings. The van der Waals surface area contributed by atoms with E-state index in [0.717, 1.165) is 24.8 Å². The Bertz CT molecular complexity index is 1010. The summed E-state index contributed by atoms with van der Waals surface area (Å²) in [5, 5.41) is 31.3. The molecule has 0 aliphatic rings. The summed E-state index contributed by atoms with van der Waals surface area (Å²) in [5.41, 5.74) is 1.91. The fourth-order valence-corrected chi connectivity index (χ4v) is 3.23. The molecule has 0 spiro atoms. The van der Waals surface area contributed by atoms with E-state index < -0.39 is 4.92 Å². The van der Waals surface area contributed by atoms with Gasteiger partial charge in [0.15, 0.2) is 0 Å². The van der Waals surface area contributed by atoms with Crippen LogP contribution in [0.1, 0.15) is 26.3 Å². The first kappa shape index (κ1) is 22.0. The zero-order chi connectivity index (χ0) is 21.6. The standard InChI is InChI=1S/C19H19BrN6O3/c1-4-25(5-2)18-7-6-14(9-17(18)22-12(3)27)23-24-19-13(11-21)8-15(26(28)29)10-16(19)20/h6-10H,4-5H2,1-3H3,(H,22,27). The Morgan fingerprint density at radius 1 is 1.28 bits per heavy atom. The topological polar surface area (TPSA) is 124 Å². The number of nitriles is 1. The second kappa shape index (κ2) is 9.75. The van der Waals surface area contributed by atoms with Crippen LogP contribution in [0.25, 0.3) is 0 Å². The predicted molar refractivity (Wildman–Crippen MR) is 114 cm³/mol. The fourth-order valence-electron chi connectivity index (χ4n) is 2.70. The molecule has 0 radical (unpaired) electrons. The van der Waals surface area contributed by atoms with Crippen molar-refractivity contribution in [1.82, 2.24) is 0 Å². The van der Waals surface area contributed by atoms with Crippen LogP contribution in [-0.4, -0.2) is 23.9 Å². The minimum absolute atomic E-state index is 0.0247. The largest absolute Gasteiger partial charge is 0.370 e. The Kier molecular flexibility index (Phi) is 7.39. The second-order valence-corrected chi connectivity index (χ2v) is 6.80. The Morgan fingerprint density at radius 2 is 1.97 bits per heavy atom. The minimum Gasteiger partial charge on any atom is -0.370 e. The molecule has 0 fully saturated rings. The number of rotatable bonds is 7. The molecule has 1 N–H and O–H groups in total. The molecule has 0 saturated heterocycles. The number of azo groups is 1. The highest BCUT2D eigenvalue weighted by Crippen LogP contribution is 2.36. The van der Waals surface area contributed by atoms with Gasteiger partial charge in [0.25, 0.3) is 5.69 Å². The first-order valence-corrected chi connectivity index (χ1v) is 9.56.